The maximum Gasteiger partial charge on any atom is 0.243 e. The molecule has 2 aromatic rings. The van der Waals surface area contributed by atoms with Gasteiger partial charge in [-0.2, -0.15) is 5.10 Å². The molecular weight excluding hydrogens is 376 g/mol. The number of ether oxygens (including phenoxy) is 1. The van der Waals surface area contributed by atoms with E-state index in [0.29, 0.717) is 24.4 Å². The van der Waals surface area contributed by atoms with Gasteiger partial charge in [-0.15, -0.1) is 0 Å². The number of hydrogen-bond acceptors (Lipinski definition) is 4. The van der Waals surface area contributed by atoms with Crippen LogP contribution in [0.25, 0.3) is 0 Å². The number of hydrogen-bond donors (Lipinski definition) is 0. The number of aryl methyl sites for hydroxylation is 2. The molecule has 3 fully saturated rings. The van der Waals surface area contributed by atoms with Crippen LogP contribution in [0.2, 0.25) is 0 Å². The number of carbonyl (C=O) groups is 1. The molecule has 1 amide bonds. The molecule has 1 spiro atoms. The van der Waals surface area contributed by atoms with Crippen molar-refractivity contribution in [2.24, 2.45) is 5.92 Å². The highest BCUT2D eigenvalue weighted by molar-refractivity contribution is 5.90. The third-order valence-electron chi connectivity index (χ3n) is 7.43. The Bertz CT molecular complexity index is 954. The Morgan fingerprint density at radius 3 is 3.00 bits per heavy atom. The highest BCUT2D eigenvalue weighted by atomic mass is 16.5. The maximum absolute atomic E-state index is 13.8. The van der Waals surface area contributed by atoms with Gasteiger partial charge in [-0.25, -0.2) is 0 Å². The molecule has 3 aliphatic rings. The molecule has 0 saturated carbocycles. The summed E-state index contributed by atoms with van der Waals surface area (Å²) in [4.78, 5) is 18.4. The highest BCUT2D eigenvalue weighted by Crippen LogP contribution is 2.56. The number of likely N-dealkylation sites (tertiary alicyclic amines) is 1. The van der Waals surface area contributed by atoms with E-state index in [2.05, 4.69) is 40.6 Å². The van der Waals surface area contributed by atoms with E-state index in [0.717, 1.165) is 62.3 Å². The molecule has 1 aromatic heterocycles. The second-order valence-electron chi connectivity index (χ2n) is 9.14. The number of aromatic nitrogens is 2. The summed E-state index contributed by atoms with van der Waals surface area (Å²) in [6.45, 7) is 7.79. The average molecular weight is 409 g/mol. The van der Waals surface area contributed by atoms with Crippen molar-refractivity contribution in [2.45, 2.75) is 64.2 Å². The van der Waals surface area contributed by atoms with E-state index < -0.39 is 0 Å². The van der Waals surface area contributed by atoms with Crippen molar-refractivity contribution >= 4 is 5.91 Å². The number of carbonyl (C=O) groups excluding carboxylic acids is 1. The van der Waals surface area contributed by atoms with Crippen LogP contribution in [0.5, 0.6) is 5.75 Å². The smallest absolute Gasteiger partial charge is 0.243 e. The van der Waals surface area contributed by atoms with Crippen molar-refractivity contribution in [1.29, 1.82) is 0 Å². The lowest BCUT2D eigenvalue weighted by molar-refractivity contribution is -0.137. The van der Waals surface area contributed by atoms with E-state index >= 15 is 0 Å². The van der Waals surface area contributed by atoms with Crippen LogP contribution in [0.3, 0.4) is 0 Å². The topological polar surface area (TPSA) is 50.6 Å². The van der Waals surface area contributed by atoms with Gasteiger partial charge < -0.3 is 9.64 Å². The van der Waals surface area contributed by atoms with E-state index in [-0.39, 0.29) is 5.54 Å². The molecule has 3 saturated heterocycles. The van der Waals surface area contributed by atoms with Gasteiger partial charge in [-0.1, -0.05) is 19.1 Å². The standard InChI is InChI=1S/C24H32N4O2/c1-4-10-27-16-21(17(2)25-27)22-13-19-15-26(14-18-7-5-8-20(12-18)30-3)23(29)24(19)9-6-11-28(22)24/h5,7-8,12,16,19,22H,4,6,9-11,13-15H2,1-3H3/t19-,22-,24-/m0/s1. The van der Waals surface area contributed by atoms with Gasteiger partial charge in [0, 0.05) is 43.4 Å². The fraction of sp³-hybridized carbons (Fsp3) is 0.583. The molecule has 0 N–H and O–H groups in total. The first kappa shape index (κ1) is 19.6. The zero-order valence-corrected chi connectivity index (χ0v) is 18.3. The van der Waals surface area contributed by atoms with Crippen molar-refractivity contribution < 1.29 is 9.53 Å². The minimum atomic E-state index is -0.303. The van der Waals surface area contributed by atoms with Crippen molar-refractivity contribution in [2.75, 3.05) is 20.2 Å². The van der Waals surface area contributed by atoms with Crippen molar-refractivity contribution in [3.63, 3.8) is 0 Å². The molecule has 0 bridgehead atoms. The fourth-order valence-electron chi connectivity index (χ4n) is 6.21. The monoisotopic (exact) mass is 408 g/mol. The van der Waals surface area contributed by atoms with Crippen LogP contribution >= 0.6 is 0 Å². The van der Waals surface area contributed by atoms with Gasteiger partial charge in [-0.3, -0.25) is 14.4 Å². The molecule has 160 valence electrons. The first-order valence-electron chi connectivity index (χ1n) is 11.3. The first-order chi connectivity index (χ1) is 14.6. The third kappa shape index (κ3) is 2.88. The van der Waals surface area contributed by atoms with Crippen LogP contribution in [0.1, 0.15) is 55.5 Å². The third-order valence-corrected chi connectivity index (χ3v) is 7.43. The van der Waals surface area contributed by atoms with E-state index in [1.54, 1.807) is 7.11 Å². The summed E-state index contributed by atoms with van der Waals surface area (Å²) < 4.78 is 7.44. The lowest BCUT2D eigenvalue weighted by atomic mass is 9.85. The Hall–Kier alpha value is -2.34. The maximum atomic E-state index is 13.8. The molecule has 0 radical (unpaired) electrons. The summed E-state index contributed by atoms with van der Waals surface area (Å²) in [5.41, 5.74) is 3.28. The van der Waals surface area contributed by atoms with E-state index in [1.807, 2.05) is 18.2 Å². The Labute approximate surface area is 178 Å². The molecule has 0 unspecified atom stereocenters. The van der Waals surface area contributed by atoms with E-state index in [9.17, 15) is 4.79 Å². The molecule has 4 heterocycles. The van der Waals surface area contributed by atoms with Crippen molar-refractivity contribution in [1.82, 2.24) is 19.6 Å². The second kappa shape index (κ2) is 7.41. The van der Waals surface area contributed by atoms with Gasteiger partial charge in [0.1, 0.15) is 11.3 Å². The summed E-state index contributed by atoms with van der Waals surface area (Å²) in [5.74, 6) is 1.57. The summed E-state index contributed by atoms with van der Waals surface area (Å²) in [5, 5.41) is 4.74. The van der Waals surface area contributed by atoms with E-state index in [1.165, 1.54) is 5.56 Å². The Balaban J connectivity index is 1.40. The van der Waals surface area contributed by atoms with Gasteiger partial charge in [-0.05, 0) is 56.8 Å². The van der Waals surface area contributed by atoms with Crippen molar-refractivity contribution in [3.05, 3.63) is 47.3 Å². The van der Waals surface area contributed by atoms with E-state index in [4.69, 9.17) is 9.84 Å². The number of rotatable bonds is 6. The summed E-state index contributed by atoms with van der Waals surface area (Å²) in [7, 11) is 1.69. The predicted octanol–water partition coefficient (Wildman–Crippen LogP) is 3.55. The van der Waals surface area contributed by atoms with Crippen molar-refractivity contribution in [3.8, 4) is 5.75 Å². The number of benzene rings is 1. The van der Waals surface area contributed by atoms with Crippen LogP contribution in [-0.2, 0) is 17.9 Å². The van der Waals surface area contributed by atoms with Gasteiger partial charge in [0.25, 0.3) is 0 Å². The minimum Gasteiger partial charge on any atom is -0.497 e. The minimum absolute atomic E-state index is 0.303. The molecule has 30 heavy (non-hydrogen) atoms. The highest BCUT2D eigenvalue weighted by Gasteiger charge is 2.65. The van der Waals surface area contributed by atoms with Gasteiger partial charge in [0.05, 0.1) is 12.8 Å². The second-order valence-corrected chi connectivity index (χ2v) is 9.14. The normalized spacial score (nSPS) is 28.2. The van der Waals surface area contributed by atoms with Gasteiger partial charge >= 0.3 is 0 Å². The SMILES string of the molecule is CCCn1cc([C@@H]2C[C@H]3CN(Cc4cccc(OC)c4)C(=O)[C@]34CCCN24)c(C)n1. The van der Waals surface area contributed by atoms with Crippen LogP contribution < -0.4 is 4.74 Å². The Morgan fingerprint density at radius 1 is 1.33 bits per heavy atom. The summed E-state index contributed by atoms with van der Waals surface area (Å²) in [6, 6.07) is 8.41. The van der Waals surface area contributed by atoms with Crippen LogP contribution in [0.4, 0.5) is 0 Å². The Kier molecular flexibility index (Phi) is 4.85. The number of methoxy groups -OCH3 is 1. The molecule has 6 heteroatoms. The van der Waals surface area contributed by atoms with Crippen LogP contribution in [0, 0.1) is 12.8 Å². The lowest BCUT2D eigenvalue weighted by Crippen LogP contribution is -2.49. The predicted molar refractivity (Wildman–Crippen MR) is 115 cm³/mol. The van der Waals surface area contributed by atoms with Crippen LogP contribution in [-0.4, -0.2) is 51.2 Å². The molecule has 5 rings (SSSR count). The largest absolute Gasteiger partial charge is 0.497 e. The van der Waals surface area contributed by atoms with Gasteiger partial charge in [0.2, 0.25) is 5.91 Å². The zero-order chi connectivity index (χ0) is 20.9. The fourth-order valence-corrected chi connectivity index (χ4v) is 6.21. The Morgan fingerprint density at radius 2 is 2.20 bits per heavy atom. The lowest BCUT2D eigenvalue weighted by Gasteiger charge is -2.33. The first-order valence-corrected chi connectivity index (χ1v) is 11.3. The number of nitrogens with zero attached hydrogens (tertiary/aromatic N) is 4. The average Bonchev–Trinajstić information content (AvgIpc) is 3.45. The molecular formula is C24H32N4O2. The number of amides is 1. The molecule has 6 nitrogen and oxygen atoms in total. The quantitative estimate of drug-likeness (QED) is 0.734. The summed E-state index contributed by atoms with van der Waals surface area (Å²) in [6.07, 6.45) is 6.46. The van der Waals surface area contributed by atoms with Gasteiger partial charge in [0.15, 0.2) is 0 Å². The zero-order valence-electron chi connectivity index (χ0n) is 18.3. The molecule has 3 aliphatic heterocycles. The van der Waals surface area contributed by atoms with Crippen LogP contribution in [0.15, 0.2) is 30.5 Å². The molecule has 0 aliphatic carbocycles. The summed E-state index contributed by atoms with van der Waals surface area (Å²) >= 11 is 0. The molecule has 3 atom stereocenters. The molecule has 1 aromatic carbocycles.